The summed E-state index contributed by atoms with van der Waals surface area (Å²) in [5.41, 5.74) is 0.808. The van der Waals surface area contributed by atoms with Crippen LogP contribution in [0, 0.1) is 33.5 Å². The summed E-state index contributed by atoms with van der Waals surface area (Å²) in [6.07, 6.45) is 2.44. The number of fused-ring (bicyclic) bond motifs is 1. The first-order valence-electron chi connectivity index (χ1n) is 5.07. The zero-order valence-electron chi connectivity index (χ0n) is 8.72. The molecule has 2 heteroatoms. The van der Waals surface area contributed by atoms with Crippen molar-refractivity contribution in [3.8, 4) is 6.07 Å². The van der Waals surface area contributed by atoms with E-state index in [1.807, 2.05) is 0 Å². The Hall–Kier alpha value is 0.412. The van der Waals surface area contributed by atoms with E-state index in [4.69, 9.17) is 0 Å². The number of nitriles is 1. The normalized spacial score (nSPS) is 51.0. The maximum atomic E-state index is 9.38. The van der Waals surface area contributed by atoms with E-state index in [0.717, 1.165) is 38.1 Å². The first kappa shape index (κ1) is 9.95. The zero-order valence-corrected chi connectivity index (χ0v) is 13.2. The second-order valence-corrected chi connectivity index (χ2v) is 7.25. The predicted molar refractivity (Wildman–Crippen MR) is 53.2 cm³/mol. The van der Waals surface area contributed by atoms with Gasteiger partial charge in [-0.1, -0.05) is 0 Å². The fourth-order valence-electron chi connectivity index (χ4n) is 4.01. The van der Waals surface area contributed by atoms with E-state index in [1.165, 1.54) is 10.4 Å². The van der Waals surface area contributed by atoms with Crippen LogP contribution in [0.15, 0.2) is 0 Å². The van der Waals surface area contributed by atoms with Gasteiger partial charge in [0.1, 0.15) is 0 Å². The number of nitrogens with zero attached hydrogens (tertiary/aromatic N) is 1. The zero-order chi connectivity index (χ0) is 9.91. The van der Waals surface area contributed by atoms with E-state index in [-0.39, 0.29) is 10.8 Å². The summed E-state index contributed by atoms with van der Waals surface area (Å²) >= 11 is 1.05. The van der Waals surface area contributed by atoms with Crippen molar-refractivity contribution in [3.63, 3.8) is 0 Å². The Labute approximate surface area is 96.6 Å². The molecule has 0 amide bonds. The average Bonchev–Trinajstić information content (AvgIpc) is 2.50. The molecule has 0 radical (unpaired) electrons. The molecular weight excluding hydrogens is 351 g/mol. The Kier molecular flexibility index (Phi) is 1.92. The molecule has 0 heterocycles. The van der Waals surface area contributed by atoms with E-state index in [9.17, 15) is 5.26 Å². The van der Waals surface area contributed by atoms with Gasteiger partial charge < -0.3 is 0 Å². The maximum absolute atomic E-state index is 9.38. The Morgan fingerprint density at radius 2 is 2.00 bits per heavy atom. The number of hydrogen-bond donors (Lipinski definition) is 0. The van der Waals surface area contributed by atoms with Crippen LogP contribution >= 0.6 is 0 Å². The fourth-order valence-corrected chi connectivity index (χ4v) is 7.60. The standard InChI is InChI=1S/C11H16N.Tl/c1-8-10(4)5-6-11(8,7-12)9(10,2)3;/h8H,1,5-6H2,2-4H3;/t8-,10+,11?;/m1./s1. The molecule has 0 aromatic carbocycles. The summed E-state index contributed by atoms with van der Waals surface area (Å²) in [6, 6.07) is 2.65. The van der Waals surface area contributed by atoms with Gasteiger partial charge in [0.2, 0.25) is 0 Å². The van der Waals surface area contributed by atoms with Gasteiger partial charge in [-0.15, -0.1) is 0 Å². The van der Waals surface area contributed by atoms with Gasteiger partial charge in [-0.2, -0.15) is 0 Å². The third-order valence-electron chi connectivity index (χ3n) is 5.38. The van der Waals surface area contributed by atoms with Gasteiger partial charge in [0.05, 0.1) is 0 Å². The average molecular weight is 367 g/mol. The first-order chi connectivity index (χ1) is 5.96. The molecular formula is C11H16NTl. The molecule has 3 rings (SSSR count). The van der Waals surface area contributed by atoms with Crippen molar-refractivity contribution in [3.05, 3.63) is 0 Å². The van der Waals surface area contributed by atoms with Gasteiger partial charge in [-0.05, 0) is 0 Å². The van der Waals surface area contributed by atoms with Crippen molar-refractivity contribution in [2.24, 2.45) is 22.2 Å². The van der Waals surface area contributed by atoms with Gasteiger partial charge >= 0.3 is 96.9 Å². The second-order valence-electron chi connectivity index (χ2n) is 5.41. The monoisotopic (exact) mass is 367 g/mol. The van der Waals surface area contributed by atoms with Gasteiger partial charge in [0.15, 0.2) is 0 Å². The molecule has 0 aromatic rings. The van der Waals surface area contributed by atoms with E-state index >= 15 is 0 Å². The van der Waals surface area contributed by atoms with E-state index in [2.05, 4.69) is 26.8 Å². The molecule has 0 aromatic heterocycles. The number of rotatable bonds is 1. The Balaban J connectivity index is 2.47. The minimum atomic E-state index is 0.0521. The summed E-state index contributed by atoms with van der Waals surface area (Å²) in [5, 5.41) is 9.38. The molecule has 1 unspecified atom stereocenters. The Bertz CT molecular complexity index is 291. The molecule has 0 spiro atoms. The third kappa shape index (κ3) is 0.748. The van der Waals surface area contributed by atoms with E-state index < -0.39 is 0 Å². The van der Waals surface area contributed by atoms with Crippen molar-refractivity contribution >= 4 is 25.8 Å². The topological polar surface area (TPSA) is 23.8 Å². The molecule has 0 aliphatic heterocycles. The van der Waals surface area contributed by atoms with Gasteiger partial charge in [0, 0.05) is 0 Å². The minimum absolute atomic E-state index is 0.0521. The first-order valence-corrected chi connectivity index (χ1v) is 8.25. The SMILES string of the molecule is CC1(C)C2(C#N)CC[C@@]1(C)[C@H]2[CH2][Tl]. The van der Waals surface area contributed by atoms with Crippen molar-refractivity contribution in [1.82, 2.24) is 0 Å². The Morgan fingerprint density at radius 3 is 2.31 bits per heavy atom. The molecule has 2 bridgehead atoms. The van der Waals surface area contributed by atoms with Crippen LogP contribution in [-0.2, 0) is 0 Å². The summed E-state index contributed by atoms with van der Waals surface area (Å²) in [5.74, 6) is 0.727. The van der Waals surface area contributed by atoms with Crippen LogP contribution in [0.2, 0.25) is 3.98 Å². The molecule has 13 heavy (non-hydrogen) atoms. The van der Waals surface area contributed by atoms with Crippen LogP contribution in [-0.4, -0.2) is 25.8 Å². The van der Waals surface area contributed by atoms with E-state index in [0.29, 0.717) is 5.41 Å². The second kappa shape index (κ2) is 2.50. The molecule has 3 aliphatic rings. The van der Waals surface area contributed by atoms with Crippen molar-refractivity contribution in [2.75, 3.05) is 0 Å². The molecule has 68 valence electrons. The molecule has 0 saturated heterocycles. The van der Waals surface area contributed by atoms with E-state index in [1.54, 1.807) is 0 Å². The number of hydrogen-bond acceptors (Lipinski definition) is 1. The van der Waals surface area contributed by atoms with Gasteiger partial charge in [-0.3, -0.25) is 0 Å². The van der Waals surface area contributed by atoms with Crippen molar-refractivity contribution in [1.29, 1.82) is 5.26 Å². The summed E-state index contributed by atoms with van der Waals surface area (Å²) in [7, 11) is 0. The third-order valence-corrected chi connectivity index (χ3v) is 7.21. The summed E-state index contributed by atoms with van der Waals surface area (Å²) < 4.78 is 1.34. The quantitative estimate of drug-likeness (QED) is 0.654. The van der Waals surface area contributed by atoms with Gasteiger partial charge in [0.25, 0.3) is 0 Å². The molecule has 1 nitrogen and oxygen atoms in total. The van der Waals surface area contributed by atoms with Crippen LogP contribution in [0.1, 0.15) is 33.6 Å². The summed E-state index contributed by atoms with van der Waals surface area (Å²) in [6.45, 7) is 7.02. The molecule has 0 N–H and O–H groups in total. The van der Waals surface area contributed by atoms with Crippen molar-refractivity contribution < 1.29 is 0 Å². The van der Waals surface area contributed by atoms with Crippen molar-refractivity contribution in [2.45, 2.75) is 37.6 Å². The van der Waals surface area contributed by atoms with Crippen LogP contribution in [0.25, 0.3) is 0 Å². The molecule has 3 fully saturated rings. The molecule has 3 saturated carbocycles. The van der Waals surface area contributed by atoms with Crippen LogP contribution in [0.4, 0.5) is 0 Å². The molecule has 3 atom stereocenters. The Morgan fingerprint density at radius 1 is 1.38 bits per heavy atom. The van der Waals surface area contributed by atoms with Gasteiger partial charge in [-0.25, -0.2) is 0 Å². The fraction of sp³-hybridized carbons (Fsp3) is 0.909. The molecule has 3 aliphatic carbocycles. The predicted octanol–water partition coefficient (Wildman–Crippen LogP) is 2.54. The summed E-state index contributed by atoms with van der Waals surface area (Å²) in [4.78, 5) is 0. The van der Waals surface area contributed by atoms with Crippen LogP contribution in [0.3, 0.4) is 0 Å². The van der Waals surface area contributed by atoms with Crippen LogP contribution in [0.5, 0.6) is 0 Å². The van der Waals surface area contributed by atoms with Crippen LogP contribution < -0.4 is 0 Å².